The predicted octanol–water partition coefficient (Wildman–Crippen LogP) is 2.82. The first-order valence-corrected chi connectivity index (χ1v) is 9.26. The Bertz CT molecular complexity index is 294. The quantitative estimate of drug-likeness (QED) is 0.779. The van der Waals surface area contributed by atoms with E-state index in [1.165, 1.54) is 58.2 Å². The van der Waals surface area contributed by atoms with Crippen molar-refractivity contribution in [2.45, 2.75) is 64.5 Å². The number of hydrogen-bond donors (Lipinski definition) is 1. The molecule has 2 aliphatic rings. The third-order valence-electron chi connectivity index (χ3n) is 5.87. The van der Waals surface area contributed by atoms with Gasteiger partial charge in [0, 0.05) is 25.2 Å². The van der Waals surface area contributed by atoms with E-state index in [1.807, 2.05) is 0 Å². The molecular weight excluding hydrogens is 258 g/mol. The van der Waals surface area contributed by atoms with Crippen LogP contribution < -0.4 is 5.32 Å². The van der Waals surface area contributed by atoms with Crippen molar-refractivity contribution in [2.75, 3.05) is 40.3 Å². The molecule has 1 N–H and O–H groups in total. The smallest absolute Gasteiger partial charge is 0.0220 e. The van der Waals surface area contributed by atoms with Gasteiger partial charge < -0.3 is 15.1 Å². The van der Waals surface area contributed by atoms with Gasteiger partial charge in [0.05, 0.1) is 0 Å². The molecule has 3 heteroatoms. The third-order valence-corrected chi connectivity index (χ3v) is 5.87. The predicted molar refractivity (Wildman–Crippen MR) is 91.7 cm³/mol. The normalized spacial score (nSPS) is 34.7. The second-order valence-electron chi connectivity index (χ2n) is 7.51. The van der Waals surface area contributed by atoms with Crippen molar-refractivity contribution in [1.29, 1.82) is 0 Å². The number of hydrogen-bond acceptors (Lipinski definition) is 3. The maximum Gasteiger partial charge on any atom is 0.0220 e. The summed E-state index contributed by atoms with van der Waals surface area (Å²) in [6.07, 6.45) is 8.38. The summed E-state index contributed by atoms with van der Waals surface area (Å²) in [6.45, 7) is 9.56. The minimum atomic E-state index is 0.751. The van der Waals surface area contributed by atoms with Gasteiger partial charge in [0.1, 0.15) is 0 Å². The summed E-state index contributed by atoms with van der Waals surface area (Å²) in [5.41, 5.74) is 0. The van der Waals surface area contributed by atoms with E-state index in [9.17, 15) is 0 Å². The van der Waals surface area contributed by atoms with Crippen molar-refractivity contribution in [3.05, 3.63) is 0 Å². The Morgan fingerprint density at radius 1 is 1.14 bits per heavy atom. The van der Waals surface area contributed by atoms with Gasteiger partial charge in [0.15, 0.2) is 0 Å². The molecule has 124 valence electrons. The molecule has 4 unspecified atom stereocenters. The van der Waals surface area contributed by atoms with Gasteiger partial charge in [-0.05, 0) is 71.1 Å². The highest BCUT2D eigenvalue weighted by Gasteiger charge is 2.31. The number of rotatable bonds is 7. The van der Waals surface area contributed by atoms with E-state index in [0.29, 0.717) is 0 Å². The third kappa shape index (κ3) is 4.94. The van der Waals surface area contributed by atoms with Crippen LogP contribution in [-0.2, 0) is 0 Å². The molecular formula is C18H37N3. The highest BCUT2D eigenvalue weighted by molar-refractivity contribution is 4.87. The highest BCUT2D eigenvalue weighted by Crippen LogP contribution is 2.32. The van der Waals surface area contributed by atoms with E-state index in [4.69, 9.17) is 0 Å². The molecule has 1 saturated carbocycles. The first-order valence-electron chi connectivity index (χ1n) is 9.26. The number of likely N-dealkylation sites (tertiary alicyclic amines) is 1. The van der Waals surface area contributed by atoms with Crippen LogP contribution in [0.25, 0.3) is 0 Å². The molecule has 0 aromatic carbocycles. The molecule has 1 saturated heterocycles. The molecule has 4 atom stereocenters. The molecule has 2 fully saturated rings. The largest absolute Gasteiger partial charge is 0.314 e. The lowest BCUT2D eigenvalue weighted by Crippen LogP contribution is -2.47. The zero-order valence-electron chi connectivity index (χ0n) is 14.8. The van der Waals surface area contributed by atoms with Crippen molar-refractivity contribution in [3.63, 3.8) is 0 Å². The molecule has 1 aliphatic heterocycles. The van der Waals surface area contributed by atoms with E-state index >= 15 is 0 Å². The minimum absolute atomic E-state index is 0.751. The van der Waals surface area contributed by atoms with Crippen LogP contribution in [0.1, 0.15) is 52.4 Å². The fourth-order valence-electron chi connectivity index (χ4n) is 4.51. The van der Waals surface area contributed by atoms with Gasteiger partial charge in [-0.1, -0.05) is 20.3 Å². The summed E-state index contributed by atoms with van der Waals surface area (Å²) in [6, 6.07) is 1.54. The first-order chi connectivity index (χ1) is 10.1. The molecule has 0 spiro atoms. The maximum absolute atomic E-state index is 3.75. The van der Waals surface area contributed by atoms with Gasteiger partial charge in [-0.15, -0.1) is 0 Å². The van der Waals surface area contributed by atoms with Crippen molar-refractivity contribution < 1.29 is 0 Å². The second kappa shape index (κ2) is 8.50. The van der Waals surface area contributed by atoms with E-state index in [-0.39, 0.29) is 0 Å². The van der Waals surface area contributed by atoms with Gasteiger partial charge in [-0.25, -0.2) is 0 Å². The van der Waals surface area contributed by atoms with Gasteiger partial charge in [-0.3, -0.25) is 0 Å². The zero-order valence-corrected chi connectivity index (χ0v) is 14.8. The molecule has 21 heavy (non-hydrogen) atoms. The Balaban J connectivity index is 1.84. The van der Waals surface area contributed by atoms with Gasteiger partial charge in [0.2, 0.25) is 0 Å². The van der Waals surface area contributed by atoms with Gasteiger partial charge in [0.25, 0.3) is 0 Å². The Morgan fingerprint density at radius 3 is 2.57 bits per heavy atom. The molecule has 0 bridgehead atoms. The van der Waals surface area contributed by atoms with E-state index in [2.05, 4.69) is 43.1 Å². The maximum atomic E-state index is 3.75. The standard InChI is InChI=1S/C18H37N3/c1-5-15-9-10-18(19-6-2)16(12-15)13-20(3)14-17-8-7-11-21(17)4/h15-19H,5-14H2,1-4H3. The fourth-order valence-corrected chi connectivity index (χ4v) is 4.51. The zero-order chi connectivity index (χ0) is 15.2. The minimum Gasteiger partial charge on any atom is -0.314 e. The number of nitrogens with zero attached hydrogens (tertiary/aromatic N) is 2. The van der Waals surface area contributed by atoms with Gasteiger partial charge in [-0.2, -0.15) is 0 Å². The molecule has 2 rings (SSSR count). The molecule has 0 aromatic heterocycles. The van der Waals surface area contributed by atoms with Crippen LogP contribution in [0.2, 0.25) is 0 Å². The number of likely N-dealkylation sites (N-methyl/N-ethyl adjacent to an activating group) is 2. The van der Waals surface area contributed by atoms with Crippen molar-refractivity contribution in [3.8, 4) is 0 Å². The Morgan fingerprint density at radius 2 is 1.95 bits per heavy atom. The Hall–Kier alpha value is -0.120. The monoisotopic (exact) mass is 295 g/mol. The van der Waals surface area contributed by atoms with Crippen molar-refractivity contribution in [1.82, 2.24) is 15.1 Å². The average molecular weight is 296 g/mol. The van der Waals surface area contributed by atoms with Crippen molar-refractivity contribution in [2.24, 2.45) is 11.8 Å². The lowest BCUT2D eigenvalue weighted by molar-refractivity contribution is 0.136. The summed E-state index contributed by atoms with van der Waals surface area (Å²) >= 11 is 0. The SMILES string of the molecule is CCNC1CCC(CC)CC1CN(C)CC1CCCN1C. The summed E-state index contributed by atoms with van der Waals surface area (Å²) in [5, 5.41) is 3.75. The number of nitrogens with one attached hydrogen (secondary N) is 1. The Labute approximate surface area is 132 Å². The van der Waals surface area contributed by atoms with E-state index in [1.54, 1.807) is 0 Å². The Kier molecular flexibility index (Phi) is 6.97. The average Bonchev–Trinajstić information content (AvgIpc) is 2.86. The topological polar surface area (TPSA) is 18.5 Å². The molecule has 0 amide bonds. The van der Waals surface area contributed by atoms with Crippen LogP contribution in [0.5, 0.6) is 0 Å². The van der Waals surface area contributed by atoms with Crippen LogP contribution in [-0.4, -0.2) is 62.2 Å². The lowest BCUT2D eigenvalue weighted by Gasteiger charge is -2.39. The summed E-state index contributed by atoms with van der Waals surface area (Å²) in [4.78, 5) is 5.16. The van der Waals surface area contributed by atoms with Crippen LogP contribution >= 0.6 is 0 Å². The second-order valence-corrected chi connectivity index (χ2v) is 7.51. The van der Waals surface area contributed by atoms with Crippen molar-refractivity contribution >= 4 is 0 Å². The molecule has 1 heterocycles. The van der Waals surface area contributed by atoms with Crippen LogP contribution in [0.15, 0.2) is 0 Å². The van der Waals surface area contributed by atoms with Gasteiger partial charge >= 0.3 is 0 Å². The lowest BCUT2D eigenvalue weighted by atomic mass is 9.76. The molecule has 3 nitrogen and oxygen atoms in total. The van der Waals surface area contributed by atoms with E-state index in [0.717, 1.165) is 30.5 Å². The van der Waals surface area contributed by atoms with Crippen LogP contribution in [0.3, 0.4) is 0 Å². The van der Waals surface area contributed by atoms with Crippen LogP contribution in [0, 0.1) is 11.8 Å². The summed E-state index contributed by atoms with van der Waals surface area (Å²) in [7, 11) is 4.63. The molecule has 0 radical (unpaired) electrons. The summed E-state index contributed by atoms with van der Waals surface area (Å²) < 4.78 is 0. The highest BCUT2D eigenvalue weighted by atomic mass is 15.2. The van der Waals surface area contributed by atoms with Crippen LogP contribution in [0.4, 0.5) is 0 Å². The summed E-state index contributed by atoms with van der Waals surface area (Å²) in [5.74, 6) is 1.81. The molecule has 1 aliphatic carbocycles. The molecule has 0 aromatic rings. The van der Waals surface area contributed by atoms with E-state index < -0.39 is 0 Å². The first kappa shape index (κ1) is 17.2. The fraction of sp³-hybridized carbons (Fsp3) is 1.00.